The first kappa shape index (κ1) is 11.7. The van der Waals surface area contributed by atoms with Crippen molar-refractivity contribution in [2.45, 2.75) is 6.42 Å². The van der Waals surface area contributed by atoms with Crippen molar-refractivity contribution < 1.29 is 0 Å². The van der Waals surface area contributed by atoms with Crippen LogP contribution in [0, 0.1) is 5.41 Å². The van der Waals surface area contributed by atoms with E-state index in [0.29, 0.717) is 5.41 Å². The van der Waals surface area contributed by atoms with Gasteiger partial charge in [0.05, 0.1) is 20.0 Å². The Labute approximate surface area is 102 Å². The minimum absolute atomic E-state index is 0. The van der Waals surface area contributed by atoms with Gasteiger partial charge in [-0.15, -0.1) is 12.4 Å². The lowest BCUT2D eigenvalue weighted by Crippen LogP contribution is -2.72. The highest BCUT2D eigenvalue weighted by Gasteiger charge is 2.47. The third kappa shape index (κ3) is 2.04. The Balaban J connectivity index is 0.000000853. The van der Waals surface area contributed by atoms with Crippen molar-refractivity contribution in [2.75, 3.05) is 39.6 Å². The van der Waals surface area contributed by atoms with Gasteiger partial charge in [-0.1, -0.05) is 17.7 Å². The maximum atomic E-state index is 5.62. The summed E-state index contributed by atoms with van der Waals surface area (Å²) in [5, 5.41) is 0. The smallest absolute Gasteiger partial charge is 0.0530 e. The number of rotatable bonds is 2. The highest BCUT2D eigenvalue weighted by Crippen LogP contribution is 2.38. The molecule has 4 heterocycles. The molecule has 0 aromatic rings. The van der Waals surface area contributed by atoms with Gasteiger partial charge in [0, 0.05) is 30.6 Å². The zero-order chi connectivity index (χ0) is 9.60. The Morgan fingerprint density at radius 3 is 1.87 bits per heavy atom. The first-order chi connectivity index (χ1) is 6.80. The maximum Gasteiger partial charge on any atom is 0.0530 e. The second kappa shape index (κ2) is 4.22. The van der Waals surface area contributed by atoms with Crippen LogP contribution in [0.3, 0.4) is 0 Å². The van der Waals surface area contributed by atoms with Crippen LogP contribution in [0.15, 0.2) is 11.6 Å². The van der Waals surface area contributed by atoms with Gasteiger partial charge in [-0.2, -0.15) is 0 Å². The van der Waals surface area contributed by atoms with Crippen molar-refractivity contribution in [3.8, 4) is 0 Å². The highest BCUT2D eigenvalue weighted by molar-refractivity contribution is 6.25. The summed E-state index contributed by atoms with van der Waals surface area (Å²) in [6, 6.07) is 0. The summed E-state index contributed by atoms with van der Waals surface area (Å²) in [7, 11) is 0. The fourth-order valence-corrected chi connectivity index (χ4v) is 3.43. The standard InChI is InChI=1S/C10H16ClN3.ClH/c11-3-1-2-10-4-12-7-13(5-10)9-14(6-10)8-12;/h1,3H,2,4-9H2;1H. The van der Waals surface area contributed by atoms with Crippen molar-refractivity contribution in [2.24, 2.45) is 5.41 Å². The summed E-state index contributed by atoms with van der Waals surface area (Å²) < 4.78 is 0. The van der Waals surface area contributed by atoms with E-state index >= 15 is 0 Å². The average molecular weight is 250 g/mol. The van der Waals surface area contributed by atoms with Crippen molar-refractivity contribution in [1.82, 2.24) is 14.7 Å². The number of nitrogens with zero attached hydrogens (tertiary/aromatic N) is 3. The molecule has 4 aliphatic heterocycles. The van der Waals surface area contributed by atoms with Crippen LogP contribution >= 0.6 is 24.0 Å². The van der Waals surface area contributed by atoms with Crippen LogP contribution in [-0.2, 0) is 0 Å². The summed E-state index contributed by atoms with van der Waals surface area (Å²) in [4.78, 5) is 7.62. The van der Waals surface area contributed by atoms with E-state index in [9.17, 15) is 0 Å². The number of hydrogen-bond acceptors (Lipinski definition) is 3. The Hall–Kier alpha value is 0.200. The molecular formula is C10H17Cl2N3. The molecule has 0 aromatic carbocycles. The van der Waals surface area contributed by atoms with E-state index in [2.05, 4.69) is 20.8 Å². The lowest BCUT2D eigenvalue weighted by Gasteiger charge is -2.60. The van der Waals surface area contributed by atoms with Crippen LogP contribution in [-0.4, -0.2) is 54.3 Å². The summed E-state index contributed by atoms with van der Waals surface area (Å²) in [6.07, 6.45) is 3.23. The van der Waals surface area contributed by atoms with E-state index in [1.165, 1.54) is 39.6 Å². The van der Waals surface area contributed by atoms with E-state index < -0.39 is 0 Å². The van der Waals surface area contributed by atoms with Gasteiger partial charge in [-0.05, 0) is 6.42 Å². The summed E-state index contributed by atoms with van der Waals surface area (Å²) in [5.74, 6) is 0. The topological polar surface area (TPSA) is 9.72 Å². The second-order valence-electron chi connectivity index (χ2n) is 4.98. The molecule has 5 heteroatoms. The molecule has 0 aromatic heterocycles. The van der Waals surface area contributed by atoms with E-state index in [0.717, 1.165) is 6.42 Å². The Morgan fingerprint density at radius 1 is 1.00 bits per heavy atom. The third-order valence-electron chi connectivity index (χ3n) is 3.52. The molecule has 0 N–H and O–H groups in total. The van der Waals surface area contributed by atoms with E-state index in [1.54, 1.807) is 5.54 Å². The normalized spacial score (nSPS) is 47.1. The van der Waals surface area contributed by atoms with E-state index in [-0.39, 0.29) is 12.4 Å². The van der Waals surface area contributed by atoms with Gasteiger partial charge in [0.1, 0.15) is 0 Å². The largest absolute Gasteiger partial charge is 0.277 e. The summed E-state index contributed by atoms with van der Waals surface area (Å²) in [5.41, 5.74) is 2.12. The Bertz CT molecular complexity index is 232. The predicted molar refractivity (Wildman–Crippen MR) is 64.0 cm³/mol. The first-order valence-electron chi connectivity index (χ1n) is 5.22. The molecule has 0 aliphatic carbocycles. The van der Waals surface area contributed by atoms with Gasteiger partial charge in [-0.25, -0.2) is 0 Å². The molecule has 0 radical (unpaired) electrons. The molecule has 4 rings (SSSR count). The summed E-state index contributed by atoms with van der Waals surface area (Å²) in [6.45, 7) is 7.26. The molecular weight excluding hydrogens is 233 g/mol. The molecule has 0 atom stereocenters. The molecule has 15 heavy (non-hydrogen) atoms. The molecule has 4 saturated heterocycles. The molecule has 4 fully saturated rings. The van der Waals surface area contributed by atoms with Crippen molar-refractivity contribution in [1.29, 1.82) is 0 Å². The summed E-state index contributed by atoms with van der Waals surface area (Å²) >= 11 is 5.62. The Morgan fingerprint density at radius 2 is 1.47 bits per heavy atom. The zero-order valence-corrected chi connectivity index (χ0v) is 10.3. The molecule has 3 nitrogen and oxygen atoms in total. The van der Waals surface area contributed by atoms with Crippen LogP contribution in [0.4, 0.5) is 0 Å². The molecule has 4 bridgehead atoms. The van der Waals surface area contributed by atoms with Crippen molar-refractivity contribution in [3.05, 3.63) is 11.6 Å². The quantitative estimate of drug-likeness (QED) is 0.732. The van der Waals surface area contributed by atoms with Gasteiger partial charge < -0.3 is 0 Å². The average Bonchev–Trinajstić information content (AvgIpc) is 2.12. The Kier molecular flexibility index (Phi) is 3.29. The van der Waals surface area contributed by atoms with Crippen molar-refractivity contribution >= 4 is 24.0 Å². The lowest BCUT2D eigenvalue weighted by molar-refractivity contribution is -0.171. The third-order valence-corrected chi connectivity index (χ3v) is 3.70. The fourth-order valence-electron chi connectivity index (χ4n) is 3.34. The van der Waals surface area contributed by atoms with Gasteiger partial charge in [0.15, 0.2) is 0 Å². The molecule has 0 amide bonds. The fraction of sp³-hybridized carbons (Fsp3) is 0.800. The lowest BCUT2D eigenvalue weighted by atomic mass is 9.78. The van der Waals surface area contributed by atoms with Gasteiger partial charge in [0.2, 0.25) is 0 Å². The number of halogens is 2. The van der Waals surface area contributed by atoms with Gasteiger partial charge in [-0.3, -0.25) is 14.7 Å². The predicted octanol–water partition coefficient (Wildman–Crippen LogP) is 1.36. The van der Waals surface area contributed by atoms with Crippen LogP contribution in [0.1, 0.15) is 6.42 Å². The minimum Gasteiger partial charge on any atom is -0.277 e. The molecule has 4 aliphatic rings. The molecule has 0 saturated carbocycles. The first-order valence-corrected chi connectivity index (χ1v) is 5.66. The van der Waals surface area contributed by atoms with Gasteiger partial charge in [0.25, 0.3) is 0 Å². The molecule has 0 spiro atoms. The number of allylic oxidation sites excluding steroid dienone is 1. The monoisotopic (exact) mass is 249 g/mol. The van der Waals surface area contributed by atoms with E-state index in [4.69, 9.17) is 11.6 Å². The van der Waals surface area contributed by atoms with Crippen LogP contribution in [0.5, 0.6) is 0 Å². The maximum absolute atomic E-state index is 5.62. The molecule has 0 unspecified atom stereocenters. The van der Waals surface area contributed by atoms with Crippen LogP contribution < -0.4 is 0 Å². The van der Waals surface area contributed by atoms with Crippen LogP contribution in [0.2, 0.25) is 0 Å². The number of hydrogen-bond donors (Lipinski definition) is 0. The minimum atomic E-state index is 0. The SMILES string of the molecule is Cl.ClC=CCC12CN3CN(CN(C3)C1)C2. The van der Waals surface area contributed by atoms with Crippen LogP contribution in [0.25, 0.3) is 0 Å². The second-order valence-corrected chi connectivity index (χ2v) is 5.23. The van der Waals surface area contributed by atoms with Crippen molar-refractivity contribution in [3.63, 3.8) is 0 Å². The molecule has 86 valence electrons. The zero-order valence-electron chi connectivity index (χ0n) is 8.73. The van der Waals surface area contributed by atoms with Gasteiger partial charge >= 0.3 is 0 Å². The highest BCUT2D eigenvalue weighted by atomic mass is 35.5. The van der Waals surface area contributed by atoms with E-state index in [1.807, 2.05) is 0 Å².